The van der Waals surface area contributed by atoms with Crippen LogP contribution in [-0.2, 0) is 27.9 Å². The summed E-state index contributed by atoms with van der Waals surface area (Å²) in [5.74, 6) is -0.560. The molecular formula is C69H125N2O7P. The predicted octanol–water partition coefficient (Wildman–Crippen LogP) is 19.9. The standard InChI is InChI=1S/C69H125N2O7P/c1-7-10-13-16-19-22-25-28-30-31-32-33-34-35-36-37-38-39-40-41-42-43-46-49-52-55-58-61-68(72)70-66(65-77-79(74,75)76-64-63-71(4,5)6)67(60-57-54-51-48-45-27-24-21-18-15-12-9-3)78-69(73)62-59-56-53-50-47-44-29-26-23-20-17-14-11-8-2/h10,13,19,22,28,30,32-33,35-36,44,47,57,60,66-67H,7-9,11-12,14-18,20-21,23-27,29,31,34,37-43,45-46,48-56,58-59,61-65H2,1-6H3,(H-,70,72,74,75)/b13-10-,22-19-,30-28-,33-32-,36-35-,47-44-,60-57-. The molecule has 0 aliphatic rings. The molecular weight excluding hydrogens is 1000 g/mol. The molecule has 0 radical (unpaired) electrons. The maximum absolute atomic E-state index is 13.6. The zero-order chi connectivity index (χ0) is 57.9. The van der Waals surface area contributed by atoms with Gasteiger partial charge in [0.15, 0.2) is 0 Å². The number of phosphoric ester groups is 1. The predicted molar refractivity (Wildman–Crippen MR) is 339 cm³/mol. The van der Waals surface area contributed by atoms with Crippen LogP contribution in [0.5, 0.6) is 0 Å². The Kier molecular flexibility index (Phi) is 56.3. The van der Waals surface area contributed by atoms with Crippen molar-refractivity contribution in [3.8, 4) is 0 Å². The number of nitrogens with zero attached hydrogens (tertiary/aromatic N) is 1. The molecule has 0 aromatic carbocycles. The van der Waals surface area contributed by atoms with Gasteiger partial charge in [0.25, 0.3) is 7.82 Å². The second kappa shape index (κ2) is 58.4. The van der Waals surface area contributed by atoms with E-state index in [0.29, 0.717) is 23.9 Å². The minimum absolute atomic E-state index is 0.0273. The van der Waals surface area contributed by atoms with Gasteiger partial charge in [-0.2, -0.15) is 0 Å². The topological polar surface area (TPSA) is 114 Å². The second-order valence-electron chi connectivity index (χ2n) is 23.2. The van der Waals surface area contributed by atoms with Gasteiger partial charge in [0.2, 0.25) is 5.91 Å². The molecule has 3 atom stereocenters. The Morgan fingerprint density at radius 3 is 1.24 bits per heavy atom. The number of nitrogens with one attached hydrogen (secondary N) is 1. The lowest BCUT2D eigenvalue weighted by Gasteiger charge is -2.30. The van der Waals surface area contributed by atoms with Crippen molar-refractivity contribution in [3.05, 3.63) is 85.1 Å². The quantitative estimate of drug-likeness (QED) is 0.0212. The summed E-state index contributed by atoms with van der Waals surface area (Å²) < 4.78 is 30.3. The van der Waals surface area contributed by atoms with Crippen LogP contribution in [0.25, 0.3) is 0 Å². The van der Waals surface area contributed by atoms with Gasteiger partial charge in [-0.1, -0.05) is 260 Å². The Morgan fingerprint density at radius 1 is 0.456 bits per heavy atom. The molecule has 0 aromatic rings. The lowest BCUT2D eigenvalue weighted by molar-refractivity contribution is -0.870. The van der Waals surface area contributed by atoms with Crippen molar-refractivity contribution < 1.29 is 37.3 Å². The third kappa shape index (κ3) is 59.6. The van der Waals surface area contributed by atoms with Crippen LogP contribution in [0.1, 0.15) is 290 Å². The van der Waals surface area contributed by atoms with Crippen LogP contribution in [0, 0.1) is 0 Å². The monoisotopic (exact) mass is 1120 g/mol. The zero-order valence-electron chi connectivity index (χ0n) is 52.3. The molecule has 0 fully saturated rings. The number of quaternary nitrogens is 1. The third-order valence-corrected chi connectivity index (χ3v) is 15.3. The Bertz CT molecular complexity index is 1630. The number of likely N-dealkylation sites (N-methyl/N-ethyl adjacent to an activating group) is 1. The minimum Gasteiger partial charge on any atom is -0.756 e. The molecule has 79 heavy (non-hydrogen) atoms. The van der Waals surface area contributed by atoms with Crippen molar-refractivity contribution in [1.29, 1.82) is 0 Å². The maximum atomic E-state index is 13.6. The molecule has 3 unspecified atom stereocenters. The Labute approximate surface area is 488 Å². The summed E-state index contributed by atoms with van der Waals surface area (Å²) in [6, 6.07) is -0.899. The number of carbonyl (C=O) groups is 2. The molecule has 0 bridgehead atoms. The average molecular weight is 1130 g/mol. The molecule has 1 N–H and O–H groups in total. The third-order valence-electron chi connectivity index (χ3n) is 14.3. The van der Waals surface area contributed by atoms with Crippen molar-refractivity contribution >= 4 is 19.7 Å². The maximum Gasteiger partial charge on any atom is 0.306 e. The molecule has 0 aliphatic carbocycles. The van der Waals surface area contributed by atoms with Crippen molar-refractivity contribution in [2.45, 2.75) is 303 Å². The fourth-order valence-electron chi connectivity index (χ4n) is 9.25. The van der Waals surface area contributed by atoms with Crippen LogP contribution in [0.2, 0.25) is 0 Å². The molecule has 10 heteroatoms. The summed E-state index contributed by atoms with van der Waals surface area (Å²) in [7, 11) is 1.17. The summed E-state index contributed by atoms with van der Waals surface area (Å²) in [5, 5.41) is 3.03. The van der Waals surface area contributed by atoms with Gasteiger partial charge in [0.1, 0.15) is 19.3 Å². The number of ether oxygens (including phenoxy) is 1. The van der Waals surface area contributed by atoms with E-state index in [1.54, 1.807) is 0 Å². The first-order valence-electron chi connectivity index (χ1n) is 32.9. The molecule has 0 aliphatic heterocycles. The van der Waals surface area contributed by atoms with E-state index in [2.05, 4.69) is 99.0 Å². The SMILES string of the molecule is CC/C=C\C/C=C\C/C=C\C/C=C\C/C=C\CCCCCCCCCCCCCC(=O)NC(COP(=O)([O-])OCC[N+](C)(C)C)C(/C=C\CCCCCCCCCCCC)OC(=O)CCCCC/C=C\CCCCCCCCC. The van der Waals surface area contributed by atoms with E-state index in [9.17, 15) is 19.0 Å². The number of amides is 1. The summed E-state index contributed by atoms with van der Waals surface area (Å²) in [4.78, 5) is 40.0. The highest BCUT2D eigenvalue weighted by Gasteiger charge is 2.27. The largest absolute Gasteiger partial charge is 0.756 e. The van der Waals surface area contributed by atoms with Crippen molar-refractivity contribution in [2.24, 2.45) is 0 Å². The van der Waals surface area contributed by atoms with E-state index < -0.39 is 26.6 Å². The van der Waals surface area contributed by atoms with E-state index >= 15 is 0 Å². The van der Waals surface area contributed by atoms with Crippen molar-refractivity contribution in [1.82, 2.24) is 5.32 Å². The highest BCUT2D eigenvalue weighted by Crippen LogP contribution is 2.38. The Hall–Kier alpha value is -2.81. The van der Waals surface area contributed by atoms with Crippen LogP contribution in [-0.4, -0.2) is 69.4 Å². The number of unbranched alkanes of at least 4 members (excludes halogenated alkanes) is 31. The number of hydrogen-bond acceptors (Lipinski definition) is 7. The van der Waals surface area contributed by atoms with Gasteiger partial charge in [-0.25, -0.2) is 0 Å². The van der Waals surface area contributed by atoms with E-state index in [0.717, 1.165) is 109 Å². The second-order valence-corrected chi connectivity index (χ2v) is 24.6. The number of hydrogen-bond donors (Lipinski definition) is 1. The van der Waals surface area contributed by atoms with Gasteiger partial charge in [-0.05, 0) is 102 Å². The van der Waals surface area contributed by atoms with E-state index in [1.165, 1.54) is 141 Å². The Morgan fingerprint density at radius 2 is 0.810 bits per heavy atom. The average Bonchev–Trinajstić information content (AvgIpc) is 3.41. The molecule has 9 nitrogen and oxygen atoms in total. The summed E-state index contributed by atoms with van der Waals surface area (Å²) in [5.41, 5.74) is 0. The molecule has 0 spiro atoms. The number of carbonyl (C=O) groups excluding carboxylic acids is 2. The molecule has 0 saturated heterocycles. The first-order chi connectivity index (χ1) is 38.4. The van der Waals surface area contributed by atoms with Gasteiger partial charge in [-0.15, -0.1) is 0 Å². The molecule has 0 saturated carbocycles. The van der Waals surface area contributed by atoms with Crippen molar-refractivity contribution in [3.63, 3.8) is 0 Å². The van der Waals surface area contributed by atoms with Crippen LogP contribution in [0.15, 0.2) is 85.1 Å². The van der Waals surface area contributed by atoms with Crippen LogP contribution >= 0.6 is 7.82 Å². The van der Waals surface area contributed by atoms with Crippen LogP contribution < -0.4 is 10.2 Å². The number of phosphoric acid groups is 1. The first kappa shape index (κ1) is 76.2. The highest BCUT2D eigenvalue weighted by atomic mass is 31.2. The van der Waals surface area contributed by atoms with E-state index in [1.807, 2.05) is 33.3 Å². The number of allylic oxidation sites excluding steroid dienone is 13. The number of rotatable bonds is 59. The van der Waals surface area contributed by atoms with Gasteiger partial charge < -0.3 is 28.5 Å². The minimum atomic E-state index is -4.71. The zero-order valence-corrected chi connectivity index (χ0v) is 53.2. The number of esters is 1. The van der Waals surface area contributed by atoms with Gasteiger partial charge >= 0.3 is 5.97 Å². The van der Waals surface area contributed by atoms with Crippen molar-refractivity contribution in [2.75, 3.05) is 40.9 Å². The smallest absolute Gasteiger partial charge is 0.306 e. The Balaban J connectivity index is 5.08. The van der Waals surface area contributed by atoms with Gasteiger partial charge in [0, 0.05) is 12.8 Å². The van der Waals surface area contributed by atoms with Gasteiger partial charge in [0.05, 0.1) is 33.8 Å². The first-order valence-corrected chi connectivity index (χ1v) is 34.4. The molecule has 1 amide bonds. The molecule has 0 aromatic heterocycles. The van der Waals surface area contributed by atoms with Crippen LogP contribution in [0.4, 0.5) is 0 Å². The summed E-state index contributed by atoms with van der Waals surface area (Å²) in [6.07, 6.45) is 77.0. The molecule has 0 rings (SSSR count). The molecule has 458 valence electrons. The van der Waals surface area contributed by atoms with Crippen LogP contribution in [0.3, 0.4) is 0 Å². The molecule has 0 heterocycles. The fourth-order valence-corrected chi connectivity index (χ4v) is 9.97. The lowest BCUT2D eigenvalue weighted by atomic mass is 10.0. The summed E-state index contributed by atoms with van der Waals surface area (Å²) in [6.45, 7) is 6.72. The lowest BCUT2D eigenvalue weighted by Crippen LogP contribution is -2.47. The summed E-state index contributed by atoms with van der Waals surface area (Å²) >= 11 is 0. The highest BCUT2D eigenvalue weighted by molar-refractivity contribution is 7.45. The van der Waals surface area contributed by atoms with E-state index in [-0.39, 0.29) is 24.9 Å². The fraction of sp³-hybridized carbons (Fsp3) is 0.768. The van der Waals surface area contributed by atoms with Gasteiger partial charge in [-0.3, -0.25) is 14.2 Å². The van der Waals surface area contributed by atoms with E-state index in [4.69, 9.17) is 13.8 Å². The normalized spacial score (nSPS) is 14.2.